The fraction of sp³-hybridized carbons (Fsp3) is 0.444. The van der Waals surface area contributed by atoms with Crippen molar-refractivity contribution in [1.29, 1.82) is 0 Å². The molecule has 0 saturated carbocycles. The van der Waals surface area contributed by atoms with Crippen LogP contribution in [-0.2, 0) is 28.8 Å². The molecule has 0 aliphatic carbocycles. The summed E-state index contributed by atoms with van der Waals surface area (Å²) in [5.74, 6) is -2.74. The number of carbonyl (C=O) groups is 4. The van der Waals surface area contributed by atoms with E-state index >= 15 is 0 Å². The van der Waals surface area contributed by atoms with Gasteiger partial charge in [-0.15, -0.1) is 23.1 Å². The largest absolute Gasteiger partial charge is 0.477 e. The van der Waals surface area contributed by atoms with Crippen LogP contribution >= 0.6 is 23.1 Å². The topological polar surface area (TPSA) is 147 Å². The molecule has 2 aliphatic heterocycles. The number of oxime groups is 1. The Bertz CT molecular complexity index is 953. The van der Waals surface area contributed by atoms with Gasteiger partial charge < -0.3 is 20.0 Å². The van der Waals surface area contributed by atoms with E-state index in [1.54, 1.807) is 26.2 Å². The molecule has 2 atom stereocenters. The molecule has 11 nitrogen and oxygen atoms in total. The maximum atomic E-state index is 12.8. The van der Waals surface area contributed by atoms with E-state index in [-0.39, 0.29) is 17.1 Å². The number of hydrogen-bond donors (Lipinski definition) is 2. The van der Waals surface area contributed by atoms with Crippen LogP contribution in [0, 0.1) is 0 Å². The number of fused-ring (bicyclic) bond motifs is 1. The number of ether oxygens (including phenoxy) is 1. The van der Waals surface area contributed by atoms with Gasteiger partial charge in [0.05, 0.1) is 5.51 Å². The minimum atomic E-state index is -1.20. The summed E-state index contributed by atoms with van der Waals surface area (Å²) >= 11 is 2.55. The minimum absolute atomic E-state index is 0.103. The number of rotatable bonds is 7. The first-order valence-corrected chi connectivity index (χ1v) is 11.1. The maximum Gasteiger partial charge on any atom is 0.352 e. The van der Waals surface area contributed by atoms with Crippen LogP contribution in [0.5, 0.6) is 0 Å². The first-order chi connectivity index (χ1) is 14.6. The predicted octanol–water partition coefficient (Wildman–Crippen LogP) is 0.574. The van der Waals surface area contributed by atoms with Gasteiger partial charge in [-0.05, 0) is 26.8 Å². The molecule has 2 aliphatic rings. The number of carboxylic acids is 1. The number of amides is 2. The molecule has 1 aromatic rings. The number of hydrogen-bond acceptors (Lipinski definition) is 10. The van der Waals surface area contributed by atoms with Crippen LogP contribution in [0.1, 0.15) is 26.5 Å². The predicted molar refractivity (Wildman–Crippen MR) is 111 cm³/mol. The van der Waals surface area contributed by atoms with Gasteiger partial charge in [-0.1, -0.05) is 5.16 Å². The average Bonchev–Trinajstić information content (AvgIpc) is 3.21. The van der Waals surface area contributed by atoms with Gasteiger partial charge in [0.15, 0.2) is 5.71 Å². The van der Waals surface area contributed by atoms with E-state index < -0.39 is 47.4 Å². The Morgan fingerprint density at radius 3 is 2.74 bits per heavy atom. The third-order valence-electron chi connectivity index (χ3n) is 4.00. The molecule has 31 heavy (non-hydrogen) atoms. The Labute approximate surface area is 185 Å². The van der Waals surface area contributed by atoms with Crippen LogP contribution in [0.2, 0.25) is 0 Å². The highest BCUT2D eigenvalue weighted by Gasteiger charge is 2.53. The third kappa shape index (κ3) is 5.22. The van der Waals surface area contributed by atoms with Gasteiger partial charge in [-0.25, -0.2) is 14.6 Å². The Balaban J connectivity index is 1.68. The van der Waals surface area contributed by atoms with Crippen molar-refractivity contribution in [3.63, 3.8) is 0 Å². The van der Waals surface area contributed by atoms with E-state index in [9.17, 15) is 24.3 Å². The molecule has 0 aromatic carbocycles. The van der Waals surface area contributed by atoms with Crippen molar-refractivity contribution in [3.05, 3.63) is 28.4 Å². The molecule has 1 aromatic heterocycles. The summed E-state index contributed by atoms with van der Waals surface area (Å²) in [6.07, 6.45) is 1.45. The maximum absolute atomic E-state index is 12.8. The Morgan fingerprint density at radius 2 is 2.13 bits per heavy atom. The van der Waals surface area contributed by atoms with Gasteiger partial charge in [0.1, 0.15) is 28.4 Å². The normalized spacial score (nSPS) is 20.9. The van der Waals surface area contributed by atoms with Crippen molar-refractivity contribution in [1.82, 2.24) is 15.2 Å². The summed E-state index contributed by atoms with van der Waals surface area (Å²) < 4.78 is 5.11. The highest BCUT2D eigenvalue weighted by molar-refractivity contribution is 8.00. The molecule has 0 radical (unpaired) electrons. The number of thioether (sulfide) groups is 1. The van der Waals surface area contributed by atoms with Crippen LogP contribution in [0.3, 0.4) is 0 Å². The third-order valence-corrected chi connectivity index (χ3v) is 5.77. The Morgan fingerprint density at radius 1 is 1.39 bits per heavy atom. The lowest BCUT2D eigenvalue weighted by atomic mass is 10.0. The van der Waals surface area contributed by atoms with Crippen LogP contribution in [0.25, 0.3) is 0 Å². The summed E-state index contributed by atoms with van der Waals surface area (Å²) in [6, 6.07) is -0.921. The molecule has 1 saturated heterocycles. The standard InChI is InChI=1S/C18H20N4O7S2/c1-18(2,3)29-11(23)6-28-21-12(9-7-30-8-19-9)14(24)20-13-15(25)22-10(17(26)27)4-5-31-16(13)22/h4,7-8,13,16H,5-6H2,1-3H3,(H,20,24)(H,26,27)/b21-12+. The zero-order chi connectivity index (χ0) is 22.8. The molecule has 3 heterocycles. The number of carboxylic acid groups (broad SMARTS) is 1. The van der Waals surface area contributed by atoms with Gasteiger partial charge in [-0.3, -0.25) is 14.5 Å². The number of β-lactam (4-membered cyclic amide) rings is 1. The van der Waals surface area contributed by atoms with E-state index in [1.165, 1.54) is 34.7 Å². The smallest absolute Gasteiger partial charge is 0.352 e. The number of aromatic nitrogens is 1. The van der Waals surface area contributed by atoms with Crippen LogP contribution in [0.15, 0.2) is 27.8 Å². The molecule has 13 heteroatoms. The van der Waals surface area contributed by atoms with Crippen molar-refractivity contribution in [2.24, 2.45) is 5.16 Å². The molecule has 0 spiro atoms. The lowest BCUT2D eigenvalue weighted by Crippen LogP contribution is -2.70. The zero-order valence-corrected chi connectivity index (χ0v) is 18.5. The summed E-state index contributed by atoms with van der Waals surface area (Å²) in [6.45, 7) is 4.60. The molecule has 2 unspecified atom stereocenters. The first kappa shape index (κ1) is 22.7. The number of nitrogens with zero attached hydrogens (tertiary/aromatic N) is 3. The first-order valence-electron chi connectivity index (χ1n) is 9.08. The molecule has 3 rings (SSSR count). The lowest BCUT2D eigenvalue weighted by Gasteiger charge is -2.48. The monoisotopic (exact) mass is 468 g/mol. The second kappa shape index (κ2) is 9.06. The molecular weight excluding hydrogens is 448 g/mol. The van der Waals surface area contributed by atoms with Crippen molar-refractivity contribution >= 4 is 52.6 Å². The summed E-state index contributed by atoms with van der Waals surface area (Å²) in [7, 11) is 0. The average molecular weight is 469 g/mol. The highest BCUT2D eigenvalue weighted by atomic mass is 32.2. The van der Waals surface area contributed by atoms with Gasteiger partial charge in [0, 0.05) is 11.1 Å². The van der Waals surface area contributed by atoms with Gasteiger partial charge in [-0.2, -0.15) is 0 Å². The number of thiazole rings is 1. The highest BCUT2D eigenvalue weighted by Crippen LogP contribution is 2.37. The number of carbonyl (C=O) groups excluding carboxylic acids is 3. The van der Waals surface area contributed by atoms with Crippen molar-refractivity contribution in [2.75, 3.05) is 12.4 Å². The van der Waals surface area contributed by atoms with Crippen LogP contribution in [0.4, 0.5) is 0 Å². The SMILES string of the molecule is CC(C)(C)OC(=O)CO/N=C(/C(=O)NC1C(=O)N2C(C(=O)O)=CCSC12)c1cscn1. The Kier molecular flexibility index (Phi) is 6.65. The van der Waals surface area contributed by atoms with Crippen molar-refractivity contribution < 1.29 is 33.9 Å². The molecule has 0 bridgehead atoms. The van der Waals surface area contributed by atoms with Crippen LogP contribution in [-0.4, -0.2) is 73.8 Å². The minimum Gasteiger partial charge on any atom is -0.477 e. The molecular formula is C18H20N4O7S2. The molecule has 166 valence electrons. The van der Waals surface area contributed by atoms with E-state index in [2.05, 4.69) is 15.5 Å². The van der Waals surface area contributed by atoms with E-state index in [0.29, 0.717) is 5.75 Å². The molecule has 2 N–H and O–H groups in total. The van der Waals surface area contributed by atoms with Crippen molar-refractivity contribution in [3.8, 4) is 0 Å². The van der Waals surface area contributed by atoms with E-state index in [1.807, 2.05) is 0 Å². The fourth-order valence-electron chi connectivity index (χ4n) is 2.80. The lowest BCUT2D eigenvalue weighted by molar-refractivity contribution is -0.160. The summed E-state index contributed by atoms with van der Waals surface area (Å²) in [5, 5.41) is 16.5. The van der Waals surface area contributed by atoms with Gasteiger partial charge >= 0.3 is 11.9 Å². The summed E-state index contributed by atoms with van der Waals surface area (Å²) in [4.78, 5) is 58.5. The van der Waals surface area contributed by atoms with Gasteiger partial charge in [0.25, 0.3) is 11.8 Å². The number of aliphatic carboxylic acids is 1. The van der Waals surface area contributed by atoms with Gasteiger partial charge in [0.2, 0.25) is 6.61 Å². The Hall–Kier alpha value is -2.93. The second-order valence-corrected chi connectivity index (χ2v) is 9.32. The van der Waals surface area contributed by atoms with Crippen LogP contribution < -0.4 is 5.32 Å². The number of nitrogens with one attached hydrogen (secondary N) is 1. The zero-order valence-electron chi connectivity index (χ0n) is 16.9. The molecule has 2 amide bonds. The van der Waals surface area contributed by atoms with E-state index in [0.717, 1.165) is 4.90 Å². The summed E-state index contributed by atoms with van der Waals surface area (Å²) in [5.41, 5.74) is 0.678. The fourth-order valence-corrected chi connectivity index (χ4v) is 4.53. The second-order valence-electron chi connectivity index (χ2n) is 7.45. The van der Waals surface area contributed by atoms with Crippen molar-refractivity contribution in [2.45, 2.75) is 37.8 Å². The van der Waals surface area contributed by atoms with E-state index in [4.69, 9.17) is 9.57 Å². The number of esters is 1. The molecule has 1 fully saturated rings. The quantitative estimate of drug-likeness (QED) is 0.254.